The molecular formula is C12H13ClF3N3O. The van der Waals surface area contributed by atoms with Gasteiger partial charge in [-0.1, -0.05) is 11.6 Å². The van der Waals surface area contributed by atoms with Crippen molar-refractivity contribution in [2.45, 2.75) is 31.9 Å². The lowest BCUT2D eigenvalue weighted by molar-refractivity contribution is -0.184. The Bertz CT molecular complexity index is 487. The van der Waals surface area contributed by atoms with Crippen LogP contribution < -0.4 is 5.32 Å². The number of alkyl halides is 3. The first-order chi connectivity index (χ1) is 9.36. The third-order valence-electron chi connectivity index (χ3n) is 3.45. The number of anilines is 1. The Labute approximate surface area is 118 Å². The summed E-state index contributed by atoms with van der Waals surface area (Å²) in [6, 6.07) is 1.39. The maximum absolute atomic E-state index is 12.5. The predicted octanol–water partition coefficient (Wildman–Crippen LogP) is 3.44. The predicted molar refractivity (Wildman–Crippen MR) is 67.2 cm³/mol. The molecule has 1 aliphatic rings. The van der Waals surface area contributed by atoms with Crippen molar-refractivity contribution in [1.29, 1.82) is 0 Å². The number of carbonyl (C=O) groups is 1. The highest BCUT2D eigenvalue weighted by Gasteiger charge is 2.42. The van der Waals surface area contributed by atoms with Crippen molar-refractivity contribution in [1.82, 2.24) is 9.97 Å². The highest BCUT2D eigenvalue weighted by molar-refractivity contribution is 6.29. The van der Waals surface area contributed by atoms with E-state index < -0.39 is 18.0 Å². The SMILES string of the molecule is O=C(Nc1cc(Cl)ncn1)C1CCC(C(F)(F)F)CC1. The minimum absolute atomic E-state index is 0.00782. The van der Waals surface area contributed by atoms with Gasteiger partial charge in [0.15, 0.2) is 0 Å². The largest absolute Gasteiger partial charge is 0.391 e. The van der Waals surface area contributed by atoms with Crippen molar-refractivity contribution >= 4 is 23.3 Å². The van der Waals surface area contributed by atoms with Crippen LogP contribution in [0.4, 0.5) is 19.0 Å². The molecule has 8 heteroatoms. The van der Waals surface area contributed by atoms with Crippen molar-refractivity contribution in [2.24, 2.45) is 11.8 Å². The standard InChI is InChI=1S/C12H13ClF3N3O/c13-9-5-10(18-6-17-9)19-11(20)7-1-3-8(4-2-7)12(14,15)16/h5-8H,1-4H2,(H,17,18,19,20). The number of nitrogens with one attached hydrogen (secondary N) is 1. The van der Waals surface area contributed by atoms with Crippen LogP contribution in [0.25, 0.3) is 0 Å². The van der Waals surface area contributed by atoms with Gasteiger partial charge in [0.2, 0.25) is 5.91 Å². The molecule has 2 rings (SSSR count). The van der Waals surface area contributed by atoms with Crippen molar-refractivity contribution < 1.29 is 18.0 Å². The molecule has 1 amide bonds. The van der Waals surface area contributed by atoms with Gasteiger partial charge in [-0.3, -0.25) is 4.79 Å². The van der Waals surface area contributed by atoms with E-state index in [-0.39, 0.29) is 42.6 Å². The molecule has 0 aliphatic heterocycles. The molecule has 110 valence electrons. The maximum Gasteiger partial charge on any atom is 0.391 e. The molecule has 1 aromatic heterocycles. The molecule has 1 saturated carbocycles. The van der Waals surface area contributed by atoms with Crippen LogP contribution in [0.1, 0.15) is 25.7 Å². The molecule has 0 bridgehead atoms. The smallest absolute Gasteiger partial charge is 0.310 e. The molecule has 0 radical (unpaired) electrons. The van der Waals surface area contributed by atoms with Gasteiger partial charge in [0, 0.05) is 12.0 Å². The van der Waals surface area contributed by atoms with E-state index >= 15 is 0 Å². The Balaban J connectivity index is 1.89. The van der Waals surface area contributed by atoms with Crippen molar-refractivity contribution in [3.05, 3.63) is 17.5 Å². The highest BCUT2D eigenvalue weighted by Crippen LogP contribution is 2.39. The van der Waals surface area contributed by atoms with Crippen LogP contribution in [0, 0.1) is 11.8 Å². The number of amides is 1. The van der Waals surface area contributed by atoms with Crippen molar-refractivity contribution in [3.63, 3.8) is 0 Å². The summed E-state index contributed by atoms with van der Waals surface area (Å²) >= 11 is 5.66. The minimum Gasteiger partial charge on any atom is -0.310 e. The third-order valence-corrected chi connectivity index (χ3v) is 3.65. The summed E-state index contributed by atoms with van der Waals surface area (Å²) in [5, 5.41) is 2.74. The molecule has 1 heterocycles. The van der Waals surface area contributed by atoms with E-state index in [0.29, 0.717) is 0 Å². The van der Waals surface area contributed by atoms with Crippen LogP contribution in [-0.2, 0) is 4.79 Å². The topological polar surface area (TPSA) is 54.9 Å². The van der Waals surface area contributed by atoms with Crippen LogP contribution in [-0.4, -0.2) is 22.1 Å². The Hall–Kier alpha value is -1.37. The Kier molecular flexibility index (Phi) is 4.47. The fraction of sp³-hybridized carbons (Fsp3) is 0.583. The summed E-state index contributed by atoms with van der Waals surface area (Å²) in [4.78, 5) is 19.4. The number of aromatic nitrogens is 2. The number of nitrogens with zero attached hydrogens (tertiary/aromatic N) is 2. The maximum atomic E-state index is 12.5. The second-order valence-electron chi connectivity index (χ2n) is 4.81. The highest BCUT2D eigenvalue weighted by atomic mass is 35.5. The van der Waals surface area contributed by atoms with E-state index in [9.17, 15) is 18.0 Å². The van der Waals surface area contributed by atoms with Gasteiger partial charge in [-0.2, -0.15) is 13.2 Å². The fourth-order valence-electron chi connectivity index (χ4n) is 2.31. The molecule has 1 aliphatic carbocycles. The monoisotopic (exact) mass is 307 g/mol. The number of hydrogen-bond acceptors (Lipinski definition) is 3. The van der Waals surface area contributed by atoms with Crippen LogP contribution in [0.3, 0.4) is 0 Å². The van der Waals surface area contributed by atoms with Gasteiger partial charge < -0.3 is 5.32 Å². The first kappa shape index (κ1) is 15.0. The zero-order valence-electron chi connectivity index (χ0n) is 10.5. The second-order valence-corrected chi connectivity index (χ2v) is 5.19. The summed E-state index contributed by atoms with van der Waals surface area (Å²) < 4.78 is 37.6. The zero-order chi connectivity index (χ0) is 14.8. The summed E-state index contributed by atoms with van der Waals surface area (Å²) in [7, 11) is 0. The molecule has 1 aromatic rings. The number of rotatable bonds is 2. The van der Waals surface area contributed by atoms with E-state index in [4.69, 9.17) is 11.6 Å². The van der Waals surface area contributed by atoms with Crippen molar-refractivity contribution in [2.75, 3.05) is 5.32 Å². The van der Waals surface area contributed by atoms with Gasteiger partial charge in [-0.15, -0.1) is 0 Å². The van der Waals surface area contributed by atoms with Gasteiger partial charge >= 0.3 is 6.18 Å². The molecule has 0 spiro atoms. The van der Waals surface area contributed by atoms with Crippen LogP contribution in [0.15, 0.2) is 12.4 Å². The lowest BCUT2D eigenvalue weighted by Crippen LogP contribution is -2.32. The summed E-state index contributed by atoms with van der Waals surface area (Å²) in [5.74, 6) is -1.77. The molecule has 4 nitrogen and oxygen atoms in total. The number of halogens is 4. The molecule has 20 heavy (non-hydrogen) atoms. The fourth-order valence-corrected chi connectivity index (χ4v) is 2.46. The van der Waals surface area contributed by atoms with Crippen molar-refractivity contribution in [3.8, 4) is 0 Å². The molecule has 0 saturated heterocycles. The average Bonchev–Trinajstić information content (AvgIpc) is 2.38. The Morgan fingerprint density at radius 3 is 2.45 bits per heavy atom. The van der Waals surface area contributed by atoms with Crippen LogP contribution >= 0.6 is 11.6 Å². The normalized spacial score (nSPS) is 23.4. The molecule has 0 atom stereocenters. The second kappa shape index (κ2) is 5.95. The molecule has 0 unspecified atom stereocenters. The van der Waals surface area contributed by atoms with E-state index in [1.165, 1.54) is 12.4 Å². The zero-order valence-corrected chi connectivity index (χ0v) is 11.2. The summed E-state index contributed by atoms with van der Waals surface area (Å²) in [6.07, 6.45) is -2.51. The first-order valence-electron chi connectivity index (χ1n) is 6.21. The van der Waals surface area contributed by atoms with Gasteiger partial charge in [0.1, 0.15) is 17.3 Å². The molecule has 1 N–H and O–H groups in total. The molecule has 1 fully saturated rings. The minimum atomic E-state index is -4.17. The summed E-state index contributed by atoms with van der Waals surface area (Å²) in [6.45, 7) is 0. The van der Waals surface area contributed by atoms with Crippen LogP contribution in [0.5, 0.6) is 0 Å². The lowest BCUT2D eigenvalue weighted by Gasteiger charge is -2.28. The molecular weight excluding hydrogens is 295 g/mol. The van der Waals surface area contributed by atoms with Gasteiger partial charge in [-0.05, 0) is 25.7 Å². The lowest BCUT2D eigenvalue weighted by atomic mass is 9.81. The van der Waals surface area contributed by atoms with E-state index in [2.05, 4.69) is 15.3 Å². The van der Waals surface area contributed by atoms with Gasteiger partial charge in [0.25, 0.3) is 0 Å². The Morgan fingerprint density at radius 2 is 1.90 bits per heavy atom. The number of hydrogen-bond donors (Lipinski definition) is 1. The summed E-state index contributed by atoms with van der Waals surface area (Å²) in [5.41, 5.74) is 0. The van der Waals surface area contributed by atoms with E-state index in [0.717, 1.165) is 0 Å². The van der Waals surface area contributed by atoms with E-state index in [1.807, 2.05) is 0 Å². The van der Waals surface area contributed by atoms with Gasteiger partial charge in [0.05, 0.1) is 5.92 Å². The first-order valence-corrected chi connectivity index (χ1v) is 6.59. The van der Waals surface area contributed by atoms with Gasteiger partial charge in [-0.25, -0.2) is 9.97 Å². The van der Waals surface area contributed by atoms with Crippen LogP contribution in [0.2, 0.25) is 5.15 Å². The third kappa shape index (κ3) is 3.82. The van der Waals surface area contributed by atoms with E-state index in [1.54, 1.807) is 0 Å². The Morgan fingerprint density at radius 1 is 1.25 bits per heavy atom. The number of carbonyl (C=O) groups excluding carboxylic acids is 1. The molecule has 0 aromatic carbocycles. The average molecular weight is 308 g/mol. The quantitative estimate of drug-likeness (QED) is 0.852.